The van der Waals surface area contributed by atoms with Gasteiger partial charge in [0.25, 0.3) is 0 Å². The number of nitrogens with one attached hydrogen (secondary N) is 6. The van der Waals surface area contributed by atoms with Gasteiger partial charge in [0.1, 0.15) is 17.1 Å². The Morgan fingerprint density at radius 1 is 0.732 bits per heavy atom. The minimum absolute atomic E-state index is 0.0339. The Morgan fingerprint density at radius 3 is 2.08 bits per heavy atom. The zero-order valence-corrected chi connectivity index (χ0v) is 40.4. The van der Waals surface area contributed by atoms with E-state index >= 15 is 0 Å². The SMILES string of the molecule is CN(C(=O)Cc1ccc(Cl)c(Cl)c1)[C@H](CN1CCCC1)c1cccc(NC(=O)CNC(=O)CNC(=O)CNC(=O)CNC(=S)Nc2ccc(-c3c4ccc(=O)cc-4oc4cc(O)ccc34)c(C(=O)O)c2)c1. The summed E-state index contributed by atoms with van der Waals surface area (Å²) in [5.74, 6) is -3.76. The lowest BCUT2D eigenvalue weighted by Gasteiger charge is -2.32. The van der Waals surface area contributed by atoms with Crippen LogP contribution in [-0.2, 0) is 30.4 Å². The van der Waals surface area contributed by atoms with E-state index in [1.54, 1.807) is 66.5 Å². The van der Waals surface area contributed by atoms with Crippen molar-refractivity contribution in [3.63, 3.8) is 0 Å². The van der Waals surface area contributed by atoms with Gasteiger partial charge in [-0.25, -0.2) is 4.79 Å². The van der Waals surface area contributed by atoms with E-state index in [2.05, 4.69) is 36.8 Å². The van der Waals surface area contributed by atoms with Crippen LogP contribution in [0.4, 0.5) is 11.4 Å². The van der Waals surface area contributed by atoms with E-state index in [0.717, 1.165) is 37.1 Å². The topological polar surface area (TPSA) is 252 Å². The third kappa shape index (κ3) is 13.6. The molecule has 0 radical (unpaired) electrons. The fourth-order valence-corrected chi connectivity index (χ4v) is 8.55. The fraction of sp³-hybridized carbons (Fsp3) is 0.240. The molecule has 8 N–H and O–H groups in total. The molecule has 368 valence electrons. The average molecular weight is 1020 g/mol. The van der Waals surface area contributed by atoms with Crippen molar-refractivity contribution in [2.75, 3.05) is 63.5 Å². The van der Waals surface area contributed by atoms with Gasteiger partial charge < -0.3 is 56.3 Å². The third-order valence-corrected chi connectivity index (χ3v) is 12.6. The maximum Gasteiger partial charge on any atom is 0.336 e. The second-order valence-electron chi connectivity index (χ2n) is 16.6. The molecule has 5 amide bonds. The van der Waals surface area contributed by atoms with Crippen LogP contribution in [0.25, 0.3) is 33.4 Å². The molecule has 21 heteroatoms. The van der Waals surface area contributed by atoms with Crippen LogP contribution in [0.5, 0.6) is 5.75 Å². The summed E-state index contributed by atoms with van der Waals surface area (Å²) in [6.45, 7) is 0.702. The number of carbonyl (C=O) groups is 6. The minimum atomic E-state index is -1.27. The van der Waals surface area contributed by atoms with E-state index in [1.165, 1.54) is 36.4 Å². The van der Waals surface area contributed by atoms with E-state index in [4.69, 9.17) is 39.8 Å². The molecule has 1 aliphatic carbocycles. The number of likely N-dealkylation sites (tertiary alicyclic amines) is 1. The van der Waals surface area contributed by atoms with Crippen LogP contribution >= 0.6 is 35.4 Å². The number of amides is 5. The number of nitrogens with zero attached hydrogens (tertiary/aromatic N) is 2. The van der Waals surface area contributed by atoms with Crippen LogP contribution in [0, 0.1) is 0 Å². The molecule has 3 aliphatic rings. The van der Waals surface area contributed by atoms with Gasteiger partial charge in [0.05, 0.1) is 54.3 Å². The molecular formula is C50H48Cl2N8O10S. The number of rotatable bonds is 18. The van der Waals surface area contributed by atoms with E-state index < -0.39 is 49.2 Å². The van der Waals surface area contributed by atoms with E-state index in [9.17, 15) is 43.8 Å². The molecule has 1 fully saturated rings. The number of aromatic hydroxyl groups is 1. The molecule has 1 atom stereocenters. The Kier molecular flexibility index (Phi) is 16.9. The molecule has 0 bridgehead atoms. The molecule has 4 aromatic carbocycles. The molecule has 0 saturated carbocycles. The summed E-state index contributed by atoms with van der Waals surface area (Å²) in [5.41, 5.74) is 3.30. The Balaban J connectivity index is 0.846. The number of benzene rings is 5. The third-order valence-electron chi connectivity index (χ3n) is 11.6. The summed E-state index contributed by atoms with van der Waals surface area (Å²) in [6, 6.07) is 25.0. The highest BCUT2D eigenvalue weighted by molar-refractivity contribution is 7.80. The zero-order chi connectivity index (χ0) is 50.8. The fourth-order valence-electron chi connectivity index (χ4n) is 8.04. The minimum Gasteiger partial charge on any atom is -0.508 e. The van der Waals surface area contributed by atoms with Crippen LogP contribution in [0.2, 0.25) is 10.0 Å². The largest absolute Gasteiger partial charge is 0.508 e. The van der Waals surface area contributed by atoms with Gasteiger partial charge in [0.2, 0.25) is 29.5 Å². The van der Waals surface area contributed by atoms with Crippen LogP contribution in [-0.4, -0.2) is 113 Å². The van der Waals surface area contributed by atoms with E-state index in [0.29, 0.717) is 44.4 Å². The van der Waals surface area contributed by atoms with Crippen molar-refractivity contribution in [2.24, 2.45) is 0 Å². The number of phenolic OH excluding ortho intramolecular Hbond substituents is 1. The van der Waals surface area contributed by atoms with Gasteiger partial charge in [-0.15, -0.1) is 0 Å². The first-order valence-electron chi connectivity index (χ1n) is 22.3. The Morgan fingerprint density at radius 2 is 1.39 bits per heavy atom. The molecule has 0 spiro atoms. The highest BCUT2D eigenvalue weighted by Gasteiger charge is 2.27. The number of aromatic carboxylic acids is 1. The molecule has 2 heterocycles. The smallest absolute Gasteiger partial charge is 0.336 e. The molecule has 71 heavy (non-hydrogen) atoms. The molecule has 0 unspecified atom stereocenters. The zero-order valence-electron chi connectivity index (χ0n) is 38.1. The predicted octanol–water partition coefficient (Wildman–Crippen LogP) is 5.39. The van der Waals surface area contributed by atoms with Crippen molar-refractivity contribution in [3.8, 4) is 28.2 Å². The molecule has 2 aliphatic heterocycles. The Hall–Kier alpha value is -7.58. The predicted molar refractivity (Wildman–Crippen MR) is 273 cm³/mol. The van der Waals surface area contributed by atoms with Gasteiger partial charge in [-0.1, -0.05) is 47.5 Å². The summed E-state index contributed by atoms with van der Waals surface area (Å²) in [5, 5.41) is 37.1. The van der Waals surface area contributed by atoms with Crippen LogP contribution in [0.3, 0.4) is 0 Å². The molecule has 7 rings (SSSR count). The summed E-state index contributed by atoms with van der Waals surface area (Å²) >= 11 is 17.6. The van der Waals surface area contributed by atoms with Crippen molar-refractivity contribution in [2.45, 2.75) is 25.3 Å². The standard InChI is InChI=1S/C50H48Cl2N8O10S/c1-59(47(67)18-28-7-14-38(51)39(52)17-28)40(27-60-15-2-3-16-60)29-5-4-6-30(19-29)57-46(66)26-55-44(64)24-53-43(63)23-54-45(65)25-56-50(71)58-31-8-11-34(37(20-31)49(68)69)48-35-12-9-32(61)21-41(35)70-42-22-33(62)10-13-36(42)48/h4-14,17,19-22,40,61H,2-3,15-16,18,23-27H2,1H3,(H,53,63)(H,54,65)(H,55,64)(H,57,66)(H,68,69)(H2,56,58,71)/t40-/m1/s1. The van der Waals surface area contributed by atoms with E-state index in [-0.39, 0.29) is 63.8 Å². The lowest BCUT2D eigenvalue weighted by molar-refractivity contribution is -0.131. The summed E-state index contributed by atoms with van der Waals surface area (Å²) in [6.07, 6.45) is 2.25. The maximum absolute atomic E-state index is 13.5. The molecular weight excluding hydrogens is 976 g/mol. The first kappa shape index (κ1) is 51.3. The van der Waals surface area contributed by atoms with E-state index in [1.807, 2.05) is 6.07 Å². The number of anilines is 2. The van der Waals surface area contributed by atoms with Crippen LogP contribution < -0.4 is 37.3 Å². The number of likely N-dealkylation sites (N-methyl/N-ethyl adjacent to an activating group) is 1. The lowest BCUT2D eigenvalue weighted by Crippen LogP contribution is -2.45. The number of phenols is 1. The Labute approximate surface area is 422 Å². The summed E-state index contributed by atoms with van der Waals surface area (Å²) < 4.78 is 5.88. The van der Waals surface area contributed by atoms with Crippen LogP contribution in [0.1, 0.15) is 40.4 Å². The van der Waals surface area contributed by atoms with Crippen LogP contribution in [0.15, 0.2) is 106 Å². The first-order chi connectivity index (χ1) is 34.0. The van der Waals surface area contributed by atoms with Gasteiger partial charge in [0, 0.05) is 53.6 Å². The molecule has 0 aromatic heterocycles. The highest BCUT2D eigenvalue weighted by atomic mass is 35.5. The van der Waals surface area contributed by atoms with Gasteiger partial charge in [-0.2, -0.15) is 0 Å². The van der Waals surface area contributed by atoms with Crippen molar-refractivity contribution < 1.29 is 43.4 Å². The number of carbonyl (C=O) groups excluding carboxylic acids is 5. The number of carboxylic acids is 1. The molecule has 18 nitrogen and oxygen atoms in total. The van der Waals surface area contributed by atoms with Crippen molar-refractivity contribution >= 4 is 98.4 Å². The second kappa shape index (κ2) is 23.4. The number of thiocarbonyl (C=S) groups is 1. The highest BCUT2D eigenvalue weighted by Crippen LogP contribution is 2.42. The van der Waals surface area contributed by atoms with Gasteiger partial charge in [0.15, 0.2) is 10.5 Å². The van der Waals surface area contributed by atoms with Gasteiger partial charge in [-0.3, -0.25) is 28.8 Å². The number of hydrogen-bond donors (Lipinski definition) is 8. The number of fused-ring (bicyclic) bond motifs is 2. The Bertz CT molecular complexity index is 3070. The lowest BCUT2D eigenvalue weighted by atomic mass is 9.90. The summed E-state index contributed by atoms with van der Waals surface area (Å²) in [7, 11) is 1.75. The van der Waals surface area contributed by atoms with Crippen molar-refractivity contribution in [1.82, 2.24) is 31.1 Å². The molecule has 4 aromatic rings. The van der Waals surface area contributed by atoms with Crippen molar-refractivity contribution in [1.29, 1.82) is 0 Å². The molecule has 1 saturated heterocycles. The van der Waals surface area contributed by atoms with Crippen molar-refractivity contribution in [3.05, 3.63) is 134 Å². The monoisotopic (exact) mass is 1020 g/mol. The average Bonchev–Trinajstić information content (AvgIpc) is 3.86. The number of carboxylic acid groups (broad SMARTS) is 1. The maximum atomic E-state index is 13.5. The normalized spacial score (nSPS) is 12.7. The first-order valence-corrected chi connectivity index (χ1v) is 23.4. The van der Waals surface area contributed by atoms with Gasteiger partial charge in [-0.05, 0) is 116 Å². The van der Waals surface area contributed by atoms with Gasteiger partial charge >= 0.3 is 5.97 Å². The summed E-state index contributed by atoms with van der Waals surface area (Å²) in [4.78, 5) is 92.7. The quantitative estimate of drug-likeness (QED) is 0.0398. The second-order valence-corrected chi connectivity index (χ2v) is 17.9. The number of hydrogen-bond acceptors (Lipinski definition) is 11. The number of halogens is 2.